The maximum Gasteiger partial charge on any atom is 0.257 e. The third-order valence-electron chi connectivity index (χ3n) is 4.35. The van der Waals surface area contributed by atoms with E-state index in [1.54, 1.807) is 24.4 Å². The van der Waals surface area contributed by atoms with Crippen molar-refractivity contribution in [1.29, 1.82) is 0 Å². The summed E-state index contributed by atoms with van der Waals surface area (Å²) < 4.78 is 2.85. The van der Waals surface area contributed by atoms with Gasteiger partial charge in [0.1, 0.15) is 5.56 Å². The van der Waals surface area contributed by atoms with Gasteiger partial charge in [0.25, 0.3) is 5.91 Å². The third-order valence-corrected chi connectivity index (χ3v) is 5.11. The molecule has 1 aromatic heterocycles. The molecule has 6 heteroatoms. The van der Waals surface area contributed by atoms with Gasteiger partial charge in [-0.25, -0.2) is 0 Å². The Kier molecular flexibility index (Phi) is 5.49. The van der Waals surface area contributed by atoms with Crippen molar-refractivity contribution in [2.45, 2.75) is 26.4 Å². The summed E-state index contributed by atoms with van der Waals surface area (Å²) in [4.78, 5) is 25.6. The summed E-state index contributed by atoms with van der Waals surface area (Å²) in [6.07, 6.45) is 1.61. The number of aromatic nitrogens is 1. The first-order valence-corrected chi connectivity index (χ1v) is 9.47. The molecular weight excluding hydrogens is 416 g/mol. The molecular formula is C20H18BrClN2O2. The summed E-state index contributed by atoms with van der Waals surface area (Å²) in [5.74, 6) is -0.394. The van der Waals surface area contributed by atoms with Crippen LogP contribution in [0.2, 0.25) is 5.02 Å². The van der Waals surface area contributed by atoms with Gasteiger partial charge < -0.3 is 9.88 Å². The minimum atomic E-state index is -0.394. The highest BCUT2D eigenvalue weighted by Crippen LogP contribution is 2.19. The van der Waals surface area contributed by atoms with E-state index >= 15 is 0 Å². The molecule has 134 valence electrons. The molecule has 0 unspecified atom stereocenters. The first-order chi connectivity index (χ1) is 12.4. The number of nitrogens with one attached hydrogen (secondary N) is 1. The smallest absolute Gasteiger partial charge is 0.257 e. The maximum atomic E-state index is 12.8. The van der Waals surface area contributed by atoms with Crippen molar-refractivity contribution in [3.05, 3.63) is 79.5 Å². The number of nitrogens with zero attached hydrogens (tertiary/aromatic N) is 1. The molecule has 0 bridgehead atoms. The van der Waals surface area contributed by atoms with Gasteiger partial charge in [-0.15, -0.1) is 0 Å². The second-order valence-corrected chi connectivity index (χ2v) is 7.42. The second kappa shape index (κ2) is 7.64. The van der Waals surface area contributed by atoms with Crippen LogP contribution in [0.3, 0.4) is 0 Å². The number of carbonyl (C=O) groups excluding carboxylic acids is 1. The molecule has 0 fully saturated rings. The molecule has 3 rings (SSSR count). The van der Waals surface area contributed by atoms with Crippen LogP contribution >= 0.6 is 27.5 Å². The van der Waals surface area contributed by atoms with Crippen LogP contribution in [0.15, 0.2) is 57.9 Å². The summed E-state index contributed by atoms with van der Waals surface area (Å²) in [6.45, 7) is 4.49. The summed E-state index contributed by atoms with van der Waals surface area (Å²) in [5, 5.41) is 3.82. The lowest BCUT2D eigenvalue weighted by molar-refractivity contribution is 0.0938. The van der Waals surface area contributed by atoms with Crippen molar-refractivity contribution in [2.24, 2.45) is 0 Å². The average Bonchev–Trinajstić information content (AvgIpc) is 2.62. The first-order valence-electron chi connectivity index (χ1n) is 8.29. The van der Waals surface area contributed by atoms with Gasteiger partial charge in [0.05, 0.1) is 11.6 Å². The lowest BCUT2D eigenvalue weighted by Crippen LogP contribution is -2.31. The standard InChI is InChI=1S/C20H18BrClN2O2/c1-3-24-11-17(19(25)16-10-15(22)8-9-18(16)24)20(26)23-12(2)13-4-6-14(21)7-5-13/h4-12H,3H2,1-2H3,(H,23,26)/t12-/m0/s1. The van der Waals surface area contributed by atoms with Gasteiger partial charge in [-0.2, -0.15) is 0 Å². The van der Waals surface area contributed by atoms with Crippen molar-refractivity contribution in [3.63, 3.8) is 0 Å². The van der Waals surface area contributed by atoms with Gasteiger partial charge in [0.2, 0.25) is 5.43 Å². The van der Waals surface area contributed by atoms with Crippen LogP contribution in [0.4, 0.5) is 0 Å². The largest absolute Gasteiger partial charge is 0.347 e. The van der Waals surface area contributed by atoms with Gasteiger partial charge in [0.15, 0.2) is 0 Å². The minimum Gasteiger partial charge on any atom is -0.347 e. The van der Waals surface area contributed by atoms with E-state index in [4.69, 9.17) is 11.6 Å². The monoisotopic (exact) mass is 432 g/mol. The van der Waals surface area contributed by atoms with Crippen LogP contribution in [-0.2, 0) is 6.54 Å². The zero-order valence-electron chi connectivity index (χ0n) is 14.4. The van der Waals surface area contributed by atoms with E-state index in [2.05, 4.69) is 21.2 Å². The molecule has 0 aliphatic carbocycles. The number of pyridine rings is 1. The Morgan fingerprint density at radius 1 is 1.23 bits per heavy atom. The second-order valence-electron chi connectivity index (χ2n) is 6.07. The lowest BCUT2D eigenvalue weighted by atomic mass is 10.1. The Bertz CT molecular complexity index is 1030. The highest BCUT2D eigenvalue weighted by Gasteiger charge is 2.18. The third kappa shape index (κ3) is 3.69. The first kappa shape index (κ1) is 18.7. The molecule has 0 radical (unpaired) electrons. The highest BCUT2D eigenvalue weighted by molar-refractivity contribution is 9.10. The zero-order valence-corrected chi connectivity index (χ0v) is 16.8. The number of fused-ring (bicyclic) bond motifs is 1. The van der Waals surface area contributed by atoms with Crippen molar-refractivity contribution >= 4 is 44.3 Å². The quantitative estimate of drug-likeness (QED) is 0.634. The van der Waals surface area contributed by atoms with Crippen LogP contribution in [0.25, 0.3) is 10.9 Å². The number of hydrogen-bond donors (Lipinski definition) is 1. The van der Waals surface area contributed by atoms with Crippen LogP contribution in [0.1, 0.15) is 35.8 Å². The molecule has 2 aromatic carbocycles. The fraction of sp³-hybridized carbons (Fsp3) is 0.200. The normalized spacial score (nSPS) is 12.2. The molecule has 3 aromatic rings. The van der Waals surface area contributed by atoms with Gasteiger partial charge in [0, 0.05) is 27.6 Å². The summed E-state index contributed by atoms with van der Waals surface area (Å²) in [7, 11) is 0. The molecule has 0 saturated carbocycles. The van der Waals surface area contributed by atoms with Crippen molar-refractivity contribution in [2.75, 3.05) is 0 Å². The Balaban J connectivity index is 1.98. The molecule has 4 nitrogen and oxygen atoms in total. The average molecular weight is 434 g/mol. The molecule has 0 saturated heterocycles. The van der Waals surface area contributed by atoms with E-state index < -0.39 is 5.91 Å². The predicted molar refractivity (Wildman–Crippen MR) is 109 cm³/mol. The highest BCUT2D eigenvalue weighted by atomic mass is 79.9. The fourth-order valence-corrected chi connectivity index (χ4v) is 3.34. The van der Waals surface area contributed by atoms with Crippen molar-refractivity contribution in [3.8, 4) is 0 Å². The Morgan fingerprint density at radius 3 is 2.58 bits per heavy atom. The molecule has 1 N–H and O–H groups in total. The minimum absolute atomic E-state index is 0.116. The number of halogens is 2. The van der Waals surface area contributed by atoms with Crippen molar-refractivity contribution < 1.29 is 4.79 Å². The van der Waals surface area contributed by atoms with E-state index in [-0.39, 0.29) is 17.0 Å². The molecule has 1 amide bonds. The molecule has 1 heterocycles. The summed E-state index contributed by atoms with van der Waals surface area (Å²) in [6, 6.07) is 12.6. The maximum absolute atomic E-state index is 12.8. The topological polar surface area (TPSA) is 51.1 Å². The van der Waals surface area contributed by atoms with Crippen LogP contribution in [0, 0.1) is 0 Å². The SMILES string of the molecule is CCn1cc(C(=O)N[C@@H](C)c2ccc(Br)cc2)c(=O)c2cc(Cl)ccc21. The molecule has 0 aliphatic rings. The Hall–Kier alpha value is -2.11. The van der Waals surface area contributed by atoms with E-state index in [0.717, 1.165) is 15.6 Å². The van der Waals surface area contributed by atoms with E-state index in [9.17, 15) is 9.59 Å². The van der Waals surface area contributed by atoms with Gasteiger partial charge >= 0.3 is 0 Å². The Labute approximate surface area is 164 Å². The van der Waals surface area contributed by atoms with Crippen LogP contribution in [0.5, 0.6) is 0 Å². The number of carbonyl (C=O) groups is 1. The summed E-state index contributed by atoms with van der Waals surface area (Å²) in [5.41, 5.74) is 1.53. The fourth-order valence-electron chi connectivity index (χ4n) is 2.90. The predicted octanol–water partition coefficient (Wildman–Crippen LogP) is 4.93. The summed E-state index contributed by atoms with van der Waals surface area (Å²) >= 11 is 9.44. The van der Waals surface area contributed by atoms with Gasteiger partial charge in [-0.3, -0.25) is 9.59 Å². The van der Waals surface area contributed by atoms with Gasteiger partial charge in [-0.1, -0.05) is 39.7 Å². The molecule has 1 atom stereocenters. The zero-order chi connectivity index (χ0) is 18.8. The van der Waals surface area contributed by atoms with Crippen LogP contribution < -0.4 is 10.7 Å². The van der Waals surface area contributed by atoms with E-state index in [1.807, 2.05) is 42.7 Å². The number of amides is 1. The number of aryl methyl sites for hydroxylation is 1. The van der Waals surface area contributed by atoms with Gasteiger partial charge in [-0.05, 0) is 49.7 Å². The van der Waals surface area contributed by atoms with Crippen LogP contribution in [-0.4, -0.2) is 10.5 Å². The number of rotatable bonds is 4. The van der Waals surface area contributed by atoms with E-state index in [1.165, 1.54) is 0 Å². The molecule has 0 aliphatic heterocycles. The molecule has 0 spiro atoms. The van der Waals surface area contributed by atoms with E-state index in [0.29, 0.717) is 17.0 Å². The van der Waals surface area contributed by atoms with Crippen molar-refractivity contribution in [1.82, 2.24) is 9.88 Å². The number of hydrogen-bond acceptors (Lipinski definition) is 2. The molecule has 26 heavy (non-hydrogen) atoms. The lowest BCUT2D eigenvalue weighted by Gasteiger charge is -2.16. The Morgan fingerprint density at radius 2 is 1.92 bits per heavy atom. The number of benzene rings is 2.